The van der Waals surface area contributed by atoms with Gasteiger partial charge in [-0.25, -0.2) is 13.2 Å². The summed E-state index contributed by atoms with van der Waals surface area (Å²) in [7, 11) is -2.70. The number of ether oxygens (including phenoxy) is 1. The van der Waals surface area contributed by atoms with Crippen molar-refractivity contribution in [1.29, 1.82) is 0 Å². The molecule has 1 aliphatic heterocycles. The van der Waals surface area contributed by atoms with Crippen LogP contribution in [0.2, 0.25) is 5.02 Å². The molecule has 0 saturated carbocycles. The van der Waals surface area contributed by atoms with Crippen molar-refractivity contribution in [3.05, 3.63) is 53.1 Å². The topological polar surface area (TPSA) is 92.8 Å². The molecule has 7 nitrogen and oxygen atoms in total. The summed E-state index contributed by atoms with van der Waals surface area (Å²) in [6, 6.07) is 10.2. The average Bonchev–Trinajstić information content (AvgIpc) is 3.08. The lowest BCUT2D eigenvalue weighted by atomic mass is 10.2. The molecule has 3 rings (SSSR count). The maximum atomic E-state index is 12.6. The SMILES string of the molecule is COC(=O)c1ccc(Cl)c(NS(=O)(=O)c2ccc(N3CCCC3=O)cc2)c1. The van der Waals surface area contributed by atoms with Crippen molar-refractivity contribution >= 4 is 44.9 Å². The Kier molecular flexibility index (Phi) is 5.38. The van der Waals surface area contributed by atoms with Crippen LogP contribution in [0.1, 0.15) is 23.2 Å². The number of rotatable bonds is 5. The van der Waals surface area contributed by atoms with Crippen LogP contribution in [0.3, 0.4) is 0 Å². The van der Waals surface area contributed by atoms with Crippen LogP contribution in [-0.2, 0) is 19.6 Å². The van der Waals surface area contributed by atoms with Gasteiger partial charge in [0.05, 0.1) is 28.3 Å². The van der Waals surface area contributed by atoms with Gasteiger partial charge in [0.1, 0.15) is 0 Å². The second-order valence-electron chi connectivity index (χ2n) is 5.93. The molecule has 0 unspecified atom stereocenters. The molecule has 2 aromatic rings. The number of carbonyl (C=O) groups is 2. The summed E-state index contributed by atoms with van der Waals surface area (Å²) in [6.07, 6.45) is 1.28. The summed E-state index contributed by atoms with van der Waals surface area (Å²) in [4.78, 5) is 25.1. The number of hydrogen-bond donors (Lipinski definition) is 1. The Morgan fingerprint density at radius 1 is 1.19 bits per heavy atom. The van der Waals surface area contributed by atoms with Gasteiger partial charge in [-0.2, -0.15) is 0 Å². The van der Waals surface area contributed by atoms with Gasteiger partial charge in [-0.1, -0.05) is 11.6 Å². The Balaban J connectivity index is 1.85. The van der Waals surface area contributed by atoms with E-state index in [1.165, 1.54) is 37.4 Å². The van der Waals surface area contributed by atoms with Gasteiger partial charge in [-0.3, -0.25) is 9.52 Å². The fourth-order valence-electron chi connectivity index (χ4n) is 2.78. The van der Waals surface area contributed by atoms with Gasteiger partial charge in [-0.15, -0.1) is 0 Å². The maximum Gasteiger partial charge on any atom is 0.337 e. The molecule has 0 aromatic heterocycles. The van der Waals surface area contributed by atoms with Gasteiger partial charge in [0.25, 0.3) is 10.0 Å². The molecule has 0 aliphatic carbocycles. The molecular weight excluding hydrogens is 392 g/mol. The minimum atomic E-state index is -3.93. The van der Waals surface area contributed by atoms with Crippen LogP contribution in [0.5, 0.6) is 0 Å². The molecule has 0 radical (unpaired) electrons. The van der Waals surface area contributed by atoms with Crippen molar-refractivity contribution in [3.63, 3.8) is 0 Å². The lowest BCUT2D eigenvalue weighted by Crippen LogP contribution is -2.23. The predicted molar refractivity (Wildman–Crippen MR) is 102 cm³/mol. The first kappa shape index (κ1) is 19.2. The lowest BCUT2D eigenvalue weighted by Gasteiger charge is -2.16. The number of nitrogens with one attached hydrogen (secondary N) is 1. The highest BCUT2D eigenvalue weighted by Gasteiger charge is 2.23. The summed E-state index contributed by atoms with van der Waals surface area (Å²) in [5.41, 5.74) is 0.892. The maximum absolute atomic E-state index is 12.6. The van der Waals surface area contributed by atoms with E-state index >= 15 is 0 Å². The predicted octanol–water partition coefficient (Wildman–Crippen LogP) is 3.05. The molecular formula is C18H17ClN2O5S. The van der Waals surface area contributed by atoms with Crippen LogP contribution >= 0.6 is 11.6 Å². The summed E-state index contributed by atoms with van der Waals surface area (Å²) in [6.45, 7) is 0.624. The standard InChI is InChI=1S/C18H17ClN2O5S/c1-26-18(23)12-4-9-15(19)16(11-12)20-27(24,25)14-7-5-13(6-8-14)21-10-2-3-17(21)22/h4-9,11,20H,2-3,10H2,1H3. The van der Waals surface area contributed by atoms with Crippen LogP contribution in [0.25, 0.3) is 0 Å². The van der Waals surface area contributed by atoms with E-state index < -0.39 is 16.0 Å². The van der Waals surface area contributed by atoms with Gasteiger partial charge in [0, 0.05) is 18.7 Å². The molecule has 0 atom stereocenters. The third-order valence-electron chi connectivity index (χ3n) is 4.16. The number of hydrogen-bond acceptors (Lipinski definition) is 5. The summed E-state index contributed by atoms with van der Waals surface area (Å²) < 4.78 is 32.3. The van der Waals surface area contributed by atoms with Crippen molar-refractivity contribution in [2.24, 2.45) is 0 Å². The molecule has 142 valence electrons. The van der Waals surface area contributed by atoms with Gasteiger partial charge in [0.2, 0.25) is 5.91 Å². The van der Waals surface area contributed by atoms with Crippen LogP contribution in [0, 0.1) is 0 Å². The van der Waals surface area contributed by atoms with E-state index in [0.29, 0.717) is 18.7 Å². The number of methoxy groups -OCH3 is 1. The quantitative estimate of drug-likeness (QED) is 0.767. The zero-order valence-corrected chi connectivity index (χ0v) is 16.0. The zero-order chi connectivity index (χ0) is 19.6. The van der Waals surface area contributed by atoms with E-state index in [1.807, 2.05) is 0 Å². The van der Waals surface area contributed by atoms with Gasteiger partial charge in [0.15, 0.2) is 0 Å². The lowest BCUT2D eigenvalue weighted by molar-refractivity contribution is -0.117. The first-order valence-electron chi connectivity index (χ1n) is 8.13. The molecule has 0 bridgehead atoms. The molecule has 0 spiro atoms. The normalized spacial score (nSPS) is 14.3. The summed E-state index contributed by atoms with van der Waals surface area (Å²) in [5, 5.41) is 0.144. The molecule has 1 aliphatic rings. The van der Waals surface area contributed by atoms with Gasteiger partial charge < -0.3 is 9.64 Å². The summed E-state index contributed by atoms with van der Waals surface area (Å²) in [5.74, 6) is -0.582. The number of esters is 1. The fraction of sp³-hybridized carbons (Fsp3) is 0.222. The van der Waals surface area contributed by atoms with E-state index in [4.69, 9.17) is 11.6 Å². The summed E-state index contributed by atoms with van der Waals surface area (Å²) >= 11 is 6.04. The Hall–Kier alpha value is -2.58. The monoisotopic (exact) mass is 408 g/mol. The Morgan fingerprint density at radius 3 is 2.48 bits per heavy atom. The molecule has 27 heavy (non-hydrogen) atoms. The number of amides is 1. The highest BCUT2D eigenvalue weighted by atomic mass is 35.5. The van der Waals surface area contributed by atoms with Crippen molar-refractivity contribution in [1.82, 2.24) is 0 Å². The average molecular weight is 409 g/mol. The molecule has 1 N–H and O–H groups in total. The molecule has 2 aromatic carbocycles. The molecule has 1 amide bonds. The van der Waals surface area contributed by atoms with E-state index in [1.54, 1.807) is 17.0 Å². The number of nitrogens with zero attached hydrogens (tertiary/aromatic N) is 1. The number of sulfonamides is 1. The second-order valence-corrected chi connectivity index (χ2v) is 8.02. The van der Waals surface area contributed by atoms with Crippen LogP contribution < -0.4 is 9.62 Å². The largest absolute Gasteiger partial charge is 0.465 e. The molecule has 1 saturated heterocycles. The van der Waals surface area contributed by atoms with Crippen molar-refractivity contribution < 1.29 is 22.7 Å². The Morgan fingerprint density at radius 2 is 1.89 bits per heavy atom. The van der Waals surface area contributed by atoms with E-state index in [0.717, 1.165) is 6.42 Å². The molecule has 9 heteroatoms. The highest BCUT2D eigenvalue weighted by Crippen LogP contribution is 2.28. The highest BCUT2D eigenvalue weighted by molar-refractivity contribution is 7.92. The van der Waals surface area contributed by atoms with Crippen LogP contribution in [0.4, 0.5) is 11.4 Å². The third-order valence-corrected chi connectivity index (χ3v) is 5.87. The molecule has 1 fully saturated rings. The number of halogens is 1. The van der Waals surface area contributed by atoms with Gasteiger partial charge >= 0.3 is 5.97 Å². The smallest absolute Gasteiger partial charge is 0.337 e. The first-order chi connectivity index (χ1) is 12.8. The van der Waals surface area contributed by atoms with Crippen LogP contribution in [0.15, 0.2) is 47.4 Å². The van der Waals surface area contributed by atoms with E-state index in [9.17, 15) is 18.0 Å². The minimum Gasteiger partial charge on any atom is -0.465 e. The zero-order valence-electron chi connectivity index (χ0n) is 14.4. The Bertz CT molecular complexity index is 989. The van der Waals surface area contributed by atoms with Crippen molar-refractivity contribution in [2.45, 2.75) is 17.7 Å². The first-order valence-corrected chi connectivity index (χ1v) is 9.99. The van der Waals surface area contributed by atoms with Gasteiger partial charge in [-0.05, 0) is 48.9 Å². The van der Waals surface area contributed by atoms with Crippen molar-refractivity contribution in [2.75, 3.05) is 23.3 Å². The Labute approximate surface area is 161 Å². The fourth-order valence-corrected chi connectivity index (χ4v) is 4.07. The second kappa shape index (κ2) is 7.58. The van der Waals surface area contributed by atoms with E-state index in [-0.39, 0.29) is 27.1 Å². The number of carbonyl (C=O) groups excluding carboxylic acids is 2. The van der Waals surface area contributed by atoms with Crippen LogP contribution in [-0.4, -0.2) is 33.9 Å². The number of benzene rings is 2. The van der Waals surface area contributed by atoms with E-state index in [2.05, 4.69) is 9.46 Å². The minimum absolute atomic E-state index is 0.0115. The molecule has 1 heterocycles. The number of anilines is 2. The third kappa shape index (κ3) is 4.06. The van der Waals surface area contributed by atoms with Crippen molar-refractivity contribution in [3.8, 4) is 0 Å².